The molecule has 1 aliphatic heterocycles. The number of rotatable bonds is 4. The lowest BCUT2D eigenvalue weighted by atomic mass is 10.1. The number of benzene rings is 1. The van der Waals surface area contributed by atoms with E-state index in [4.69, 9.17) is 11.6 Å². The Labute approximate surface area is 176 Å². The number of carbonyl (C=O) groups is 2. The predicted octanol–water partition coefficient (Wildman–Crippen LogP) is 4.04. The molecule has 1 N–H and O–H groups in total. The van der Waals surface area contributed by atoms with Gasteiger partial charge in [0.25, 0.3) is 5.91 Å². The van der Waals surface area contributed by atoms with Crippen LogP contribution in [0.4, 0.5) is 5.13 Å². The van der Waals surface area contributed by atoms with Gasteiger partial charge < -0.3 is 4.90 Å². The van der Waals surface area contributed by atoms with E-state index in [2.05, 4.69) is 15.3 Å². The van der Waals surface area contributed by atoms with Crippen molar-refractivity contribution in [2.24, 2.45) is 0 Å². The van der Waals surface area contributed by atoms with E-state index in [1.807, 2.05) is 18.2 Å². The first-order valence-corrected chi connectivity index (χ1v) is 10.2. The number of hydrogen-bond acceptors (Lipinski definition) is 5. The highest BCUT2D eigenvalue weighted by atomic mass is 35.5. The topological polar surface area (TPSA) is 75.2 Å². The highest BCUT2D eigenvalue weighted by Gasteiger charge is 2.23. The maximum atomic E-state index is 12.6. The normalized spacial score (nSPS) is 13.3. The van der Waals surface area contributed by atoms with E-state index in [0.29, 0.717) is 35.4 Å². The molecule has 0 atom stereocenters. The minimum absolute atomic E-state index is 0.0805. The second kappa shape index (κ2) is 8.55. The molecule has 0 aliphatic carbocycles. The summed E-state index contributed by atoms with van der Waals surface area (Å²) in [7, 11) is 0. The quantitative estimate of drug-likeness (QED) is 0.641. The second-order valence-electron chi connectivity index (χ2n) is 6.42. The molecule has 0 bridgehead atoms. The Hall–Kier alpha value is -3.03. The van der Waals surface area contributed by atoms with Gasteiger partial charge in [0.15, 0.2) is 5.13 Å². The highest BCUT2D eigenvalue weighted by molar-refractivity contribution is 7.15. The number of aromatic nitrogens is 2. The molecule has 0 saturated heterocycles. The molecule has 8 heteroatoms. The summed E-state index contributed by atoms with van der Waals surface area (Å²) in [6.45, 7) is 1.05. The second-order valence-corrected chi connectivity index (χ2v) is 7.91. The largest absolute Gasteiger partial charge is 0.334 e. The zero-order chi connectivity index (χ0) is 20.2. The number of anilines is 1. The average molecular weight is 425 g/mol. The van der Waals surface area contributed by atoms with Gasteiger partial charge in [0.05, 0.1) is 12.2 Å². The molecule has 0 spiro atoms. The Kier molecular flexibility index (Phi) is 5.69. The summed E-state index contributed by atoms with van der Waals surface area (Å²) in [5.74, 6) is -0.379. The molecular formula is C21H17ClN4O2S. The van der Waals surface area contributed by atoms with E-state index in [9.17, 15) is 9.59 Å². The van der Waals surface area contributed by atoms with Crippen LogP contribution in [0.2, 0.25) is 5.02 Å². The molecule has 0 saturated carbocycles. The summed E-state index contributed by atoms with van der Waals surface area (Å²) in [6.07, 6.45) is 5.49. The Morgan fingerprint density at radius 2 is 2.00 bits per heavy atom. The van der Waals surface area contributed by atoms with Crippen molar-refractivity contribution in [3.05, 3.63) is 81.6 Å². The van der Waals surface area contributed by atoms with Gasteiger partial charge in [-0.3, -0.25) is 19.9 Å². The van der Waals surface area contributed by atoms with E-state index < -0.39 is 0 Å². The van der Waals surface area contributed by atoms with Crippen molar-refractivity contribution in [1.29, 1.82) is 0 Å². The Morgan fingerprint density at radius 3 is 2.79 bits per heavy atom. The number of fused-ring (bicyclic) bond motifs is 1. The van der Waals surface area contributed by atoms with Crippen LogP contribution >= 0.6 is 22.9 Å². The summed E-state index contributed by atoms with van der Waals surface area (Å²) < 4.78 is 0. The Balaban J connectivity index is 1.42. The van der Waals surface area contributed by atoms with Gasteiger partial charge in [0, 0.05) is 35.1 Å². The number of amides is 2. The van der Waals surface area contributed by atoms with Crippen LogP contribution in [0.1, 0.15) is 26.6 Å². The predicted molar refractivity (Wildman–Crippen MR) is 114 cm³/mol. The fourth-order valence-electron chi connectivity index (χ4n) is 2.97. The minimum atomic E-state index is -0.299. The van der Waals surface area contributed by atoms with Crippen LogP contribution in [0, 0.1) is 0 Å². The first kappa shape index (κ1) is 19.3. The molecule has 2 aromatic heterocycles. The van der Waals surface area contributed by atoms with Crippen LogP contribution in [-0.4, -0.2) is 33.2 Å². The van der Waals surface area contributed by atoms with Crippen LogP contribution in [0.3, 0.4) is 0 Å². The summed E-state index contributed by atoms with van der Waals surface area (Å²) in [5.41, 5.74) is 2.06. The highest BCUT2D eigenvalue weighted by Crippen LogP contribution is 2.29. The lowest BCUT2D eigenvalue weighted by Crippen LogP contribution is -2.34. The molecule has 29 heavy (non-hydrogen) atoms. The molecule has 146 valence electrons. The Morgan fingerprint density at radius 1 is 1.17 bits per heavy atom. The molecule has 4 rings (SSSR count). The number of halogens is 1. The standard InChI is InChI=1S/C21H17ClN4O2S/c22-15-6-2-1-5-14(15)8-9-19(27)26-12-10-16-18(13-26)29-21(24-16)25-20(28)17-7-3-4-11-23-17/h1-9,11H,10,12-13H2,(H,24,25,28)/b9-8+. The van der Waals surface area contributed by atoms with E-state index in [-0.39, 0.29) is 11.8 Å². The van der Waals surface area contributed by atoms with Crippen molar-refractivity contribution in [3.8, 4) is 0 Å². The van der Waals surface area contributed by atoms with E-state index in [0.717, 1.165) is 16.1 Å². The Bertz CT molecular complexity index is 1080. The molecule has 6 nitrogen and oxygen atoms in total. The van der Waals surface area contributed by atoms with E-state index >= 15 is 0 Å². The fourth-order valence-corrected chi connectivity index (χ4v) is 4.19. The molecule has 2 amide bonds. The lowest BCUT2D eigenvalue weighted by molar-refractivity contribution is -0.126. The third-order valence-electron chi connectivity index (χ3n) is 4.47. The van der Waals surface area contributed by atoms with Gasteiger partial charge in [0.1, 0.15) is 5.69 Å². The monoisotopic (exact) mass is 424 g/mol. The van der Waals surface area contributed by atoms with Crippen LogP contribution in [0.15, 0.2) is 54.7 Å². The molecule has 3 heterocycles. The average Bonchev–Trinajstić information content (AvgIpc) is 3.15. The van der Waals surface area contributed by atoms with Crippen LogP contribution in [-0.2, 0) is 17.8 Å². The van der Waals surface area contributed by atoms with Gasteiger partial charge in [-0.2, -0.15) is 0 Å². The molecular weight excluding hydrogens is 408 g/mol. The molecule has 1 aromatic carbocycles. The van der Waals surface area contributed by atoms with E-state index in [1.54, 1.807) is 41.4 Å². The first-order chi connectivity index (χ1) is 14.1. The molecule has 3 aromatic rings. The van der Waals surface area contributed by atoms with Gasteiger partial charge >= 0.3 is 0 Å². The van der Waals surface area contributed by atoms with Crippen LogP contribution < -0.4 is 5.32 Å². The molecule has 0 radical (unpaired) electrons. The van der Waals surface area contributed by atoms with Crippen LogP contribution in [0.25, 0.3) is 6.08 Å². The third kappa shape index (κ3) is 4.52. The summed E-state index contributed by atoms with van der Waals surface area (Å²) in [6, 6.07) is 12.5. The summed E-state index contributed by atoms with van der Waals surface area (Å²) >= 11 is 7.51. The maximum absolute atomic E-state index is 12.6. The summed E-state index contributed by atoms with van der Waals surface area (Å²) in [5, 5.41) is 3.91. The SMILES string of the molecule is O=C(Nc1nc2c(s1)CN(C(=O)/C=C/c1ccccc1Cl)CC2)c1ccccn1. The van der Waals surface area contributed by atoms with Gasteiger partial charge in [0.2, 0.25) is 5.91 Å². The van der Waals surface area contributed by atoms with Gasteiger partial charge in [-0.25, -0.2) is 4.98 Å². The van der Waals surface area contributed by atoms with Gasteiger partial charge in [-0.1, -0.05) is 47.2 Å². The number of carbonyl (C=O) groups excluding carboxylic acids is 2. The van der Waals surface area contributed by atoms with Crippen molar-refractivity contribution < 1.29 is 9.59 Å². The van der Waals surface area contributed by atoms with Crippen molar-refractivity contribution >= 4 is 46.0 Å². The molecule has 1 aliphatic rings. The number of hydrogen-bond donors (Lipinski definition) is 1. The van der Waals surface area contributed by atoms with Crippen molar-refractivity contribution in [2.75, 3.05) is 11.9 Å². The first-order valence-electron chi connectivity index (χ1n) is 9.02. The lowest BCUT2D eigenvalue weighted by Gasteiger charge is -2.24. The number of nitrogens with one attached hydrogen (secondary N) is 1. The fraction of sp³-hybridized carbons (Fsp3) is 0.143. The van der Waals surface area contributed by atoms with E-state index in [1.165, 1.54) is 17.4 Å². The number of nitrogens with zero attached hydrogens (tertiary/aromatic N) is 3. The third-order valence-corrected chi connectivity index (χ3v) is 5.81. The van der Waals surface area contributed by atoms with Gasteiger partial charge in [-0.15, -0.1) is 0 Å². The smallest absolute Gasteiger partial charge is 0.276 e. The minimum Gasteiger partial charge on any atom is -0.334 e. The van der Waals surface area contributed by atoms with Gasteiger partial charge in [-0.05, 0) is 29.8 Å². The van der Waals surface area contributed by atoms with Crippen molar-refractivity contribution in [3.63, 3.8) is 0 Å². The zero-order valence-corrected chi connectivity index (χ0v) is 16.9. The van der Waals surface area contributed by atoms with Crippen molar-refractivity contribution in [2.45, 2.75) is 13.0 Å². The summed E-state index contributed by atoms with van der Waals surface area (Å²) in [4.78, 5) is 36.1. The maximum Gasteiger partial charge on any atom is 0.276 e. The number of thiazole rings is 1. The van der Waals surface area contributed by atoms with Crippen LogP contribution in [0.5, 0.6) is 0 Å². The van der Waals surface area contributed by atoms with Crippen molar-refractivity contribution in [1.82, 2.24) is 14.9 Å². The number of pyridine rings is 1. The zero-order valence-electron chi connectivity index (χ0n) is 15.3. The molecule has 0 fully saturated rings. The molecule has 0 unspecified atom stereocenters.